The molecule has 0 saturated heterocycles. The minimum atomic E-state index is -0.211. The van der Waals surface area contributed by atoms with E-state index in [-0.39, 0.29) is 5.82 Å². The second-order valence-electron chi connectivity index (χ2n) is 4.67. The zero-order chi connectivity index (χ0) is 13.9. The van der Waals surface area contributed by atoms with E-state index < -0.39 is 0 Å². The summed E-state index contributed by atoms with van der Waals surface area (Å²) in [4.78, 5) is 7.59. The smallest absolute Gasteiger partial charge is 0.201 e. The van der Waals surface area contributed by atoms with Crippen molar-refractivity contribution in [1.82, 2.24) is 9.97 Å². The van der Waals surface area contributed by atoms with E-state index in [0.29, 0.717) is 11.6 Å². The van der Waals surface area contributed by atoms with E-state index >= 15 is 0 Å². The molecule has 0 saturated carbocycles. The van der Waals surface area contributed by atoms with Crippen LogP contribution >= 0.6 is 0 Å². The molecule has 3 rings (SSSR count). The molecule has 4 nitrogen and oxygen atoms in total. The maximum atomic E-state index is 12.8. The topological polar surface area (TPSA) is 66.7 Å². The van der Waals surface area contributed by atoms with Gasteiger partial charge in [-0.3, -0.25) is 0 Å². The molecule has 0 aliphatic rings. The molecular formula is C15H15FN4. The van der Waals surface area contributed by atoms with Crippen LogP contribution < -0.4 is 11.1 Å². The third kappa shape index (κ3) is 2.71. The van der Waals surface area contributed by atoms with Crippen LogP contribution in [0.3, 0.4) is 0 Å². The fourth-order valence-electron chi connectivity index (χ4n) is 2.09. The lowest BCUT2D eigenvalue weighted by atomic mass is 10.1. The van der Waals surface area contributed by atoms with Crippen LogP contribution in [0.2, 0.25) is 0 Å². The van der Waals surface area contributed by atoms with Crippen LogP contribution in [-0.2, 0) is 6.42 Å². The number of hydrogen-bond acceptors (Lipinski definition) is 3. The van der Waals surface area contributed by atoms with Crippen LogP contribution in [0.15, 0.2) is 42.5 Å². The Kier molecular flexibility index (Phi) is 3.25. The third-order valence-corrected chi connectivity index (χ3v) is 3.13. The molecule has 0 atom stereocenters. The Morgan fingerprint density at radius 2 is 1.95 bits per heavy atom. The van der Waals surface area contributed by atoms with Gasteiger partial charge in [0.05, 0.1) is 11.0 Å². The van der Waals surface area contributed by atoms with Crippen molar-refractivity contribution in [3.8, 4) is 0 Å². The van der Waals surface area contributed by atoms with Crippen molar-refractivity contribution in [2.45, 2.75) is 6.42 Å². The van der Waals surface area contributed by atoms with Crippen molar-refractivity contribution in [1.29, 1.82) is 0 Å². The zero-order valence-corrected chi connectivity index (χ0v) is 10.9. The van der Waals surface area contributed by atoms with Crippen molar-refractivity contribution in [3.63, 3.8) is 0 Å². The molecule has 0 unspecified atom stereocenters. The van der Waals surface area contributed by atoms with Crippen LogP contribution in [0.4, 0.5) is 16.0 Å². The predicted molar refractivity (Wildman–Crippen MR) is 79.1 cm³/mol. The number of nitrogen functional groups attached to an aromatic ring is 1. The summed E-state index contributed by atoms with van der Waals surface area (Å²) >= 11 is 0. The molecule has 0 fully saturated rings. The molecule has 0 amide bonds. The molecule has 3 aromatic rings. The summed E-state index contributed by atoms with van der Waals surface area (Å²) in [7, 11) is 0. The Balaban J connectivity index is 1.63. The quantitative estimate of drug-likeness (QED) is 0.638. The largest absolute Gasteiger partial charge is 0.399 e. The first kappa shape index (κ1) is 12.5. The number of halogens is 1. The van der Waals surface area contributed by atoms with Gasteiger partial charge < -0.3 is 16.0 Å². The summed E-state index contributed by atoms with van der Waals surface area (Å²) in [5.41, 5.74) is 9.30. The molecule has 1 aromatic heterocycles. The van der Waals surface area contributed by atoms with E-state index in [0.717, 1.165) is 29.6 Å². The number of rotatable bonds is 4. The van der Waals surface area contributed by atoms with E-state index in [1.54, 1.807) is 12.1 Å². The SMILES string of the molecule is Nc1ccc2nc(NCCc3ccc(F)cc3)[nH]c2c1. The molecule has 0 aliphatic heterocycles. The molecular weight excluding hydrogens is 255 g/mol. The molecule has 0 aliphatic carbocycles. The highest BCUT2D eigenvalue weighted by Gasteiger charge is 2.02. The number of fused-ring (bicyclic) bond motifs is 1. The molecule has 1 heterocycles. The number of nitrogens with two attached hydrogens (primary N) is 1. The highest BCUT2D eigenvalue weighted by atomic mass is 19.1. The normalized spacial score (nSPS) is 10.8. The summed E-state index contributed by atoms with van der Waals surface area (Å²) in [6.07, 6.45) is 0.805. The first-order valence-corrected chi connectivity index (χ1v) is 6.44. The molecule has 5 heteroatoms. The number of hydrogen-bond donors (Lipinski definition) is 3. The van der Waals surface area contributed by atoms with Gasteiger partial charge in [-0.05, 0) is 42.3 Å². The maximum absolute atomic E-state index is 12.8. The Bertz CT molecular complexity index is 718. The van der Waals surface area contributed by atoms with Gasteiger partial charge >= 0.3 is 0 Å². The molecule has 0 spiro atoms. The number of aromatic amines is 1. The van der Waals surface area contributed by atoms with Gasteiger partial charge in [0.25, 0.3) is 0 Å². The Morgan fingerprint density at radius 3 is 2.75 bits per heavy atom. The lowest BCUT2D eigenvalue weighted by Crippen LogP contribution is -2.05. The van der Waals surface area contributed by atoms with Crippen LogP contribution in [0.25, 0.3) is 11.0 Å². The number of benzene rings is 2. The molecule has 2 aromatic carbocycles. The highest BCUT2D eigenvalue weighted by molar-refractivity contribution is 5.80. The van der Waals surface area contributed by atoms with E-state index in [4.69, 9.17) is 5.73 Å². The second-order valence-corrected chi connectivity index (χ2v) is 4.67. The van der Waals surface area contributed by atoms with E-state index in [1.807, 2.05) is 18.2 Å². The van der Waals surface area contributed by atoms with Crippen molar-refractivity contribution in [2.24, 2.45) is 0 Å². The standard InChI is InChI=1S/C15H15FN4/c16-11-3-1-10(2-4-11)7-8-18-15-19-13-6-5-12(17)9-14(13)20-15/h1-6,9H,7-8,17H2,(H2,18,19,20). The van der Waals surface area contributed by atoms with Crippen LogP contribution in [-0.4, -0.2) is 16.5 Å². The maximum Gasteiger partial charge on any atom is 0.201 e. The lowest BCUT2D eigenvalue weighted by molar-refractivity contribution is 0.627. The Labute approximate surface area is 115 Å². The lowest BCUT2D eigenvalue weighted by Gasteiger charge is -2.02. The zero-order valence-electron chi connectivity index (χ0n) is 10.9. The number of nitrogens with one attached hydrogen (secondary N) is 2. The highest BCUT2D eigenvalue weighted by Crippen LogP contribution is 2.17. The Morgan fingerprint density at radius 1 is 1.15 bits per heavy atom. The average Bonchev–Trinajstić information content (AvgIpc) is 2.83. The monoisotopic (exact) mass is 270 g/mol. The van der Waals surface area contributed by atoms with Crippen molar-refractivity contribution in [3.05, 3.63) is 53.8 Å². The van der Waals surface area contributed by atoms with Crippen LogP contribution in [0, 0.1) is 5.82 Å². The molecule has 0 bridgehead atoms. The summed E-state index contributed by atoms with van der Waals surface area (Å²) in [6, 6.07) is 12.1. The van der Waals surface area contributed by atoms with Crippen LogP contribution in [0.5, 0.6) is 0 Å². The van der Waals surface area contributed by atoms with Crippen LogP contribution in [0.1, 0.15) is 5.56 Å². The first-order valence-electron chi connectivity index (χ1n) is 6.44. The third-order valence-electron chi connectivity index (χ3n) is 3.13. The summed E-state index contributed by atoms with van der Waals surface area (Å²) in [6.45, 7) is 0.723. The van der Waals surface area contributed by atoms with Gasteiger partial charge in [0.15, 0.2) is 0 Å². The summed E-state index contributed by atoms with van der Waals surface area (Å²) in [5, 5.41) is 3.22. The number of imidazole rings is 1. The predicted octanol–water partition coefficient (Wildman–Crippen LogP) is 2.94. The fourth-order valence-corrected chi connectivity index (χ4v) is 2.09. The van der Waals surface area contributed by atoms with Gasteiger partial charge in [0, 0.05) is 12.2 Å². The number of aromatic nitrogens is 2. The van der Waals surface area contributed by atoms with Gasteiger partial charge in [-0.2, -0.15) is 0 Å². The molecule has 4 N–H and O–H groups in total. The molecule has 102 valence electrons. The van der Waals surface area contributed by atoms with E-state index in [2.05, 4.69) is 15.3 Å². The minimum absolute atomic E-state index is 0.211. The van der Waals surface area contributed by atoms with Gasteiger partial charge in [-0.25, -0.2) is 9.37 Å². The van der Waals surface area contributed by atoms with Crippen molar-refractivity contribution < 1.29 is 4.39 Å². The number of anilines is 2. The van der Waals surface area contributed by atoms with Gasteiger partial charge in [-0.15, -0.1) is 0 Å². The second kappa shape index (κ2) is 5.21. The minimum Gasteiger partial charge on any atom is -0.399 e. The van der Waals surface area contributed by atoms with Crippen molar-refractivity contribution in [2.75, 3.05) is 17.6 Å². The van der Waals surface area contributed by atoms with Gasteiger partial charge in [0.1, 0.15) is 5.82 Å². The first-order chi connectivity index (χ1) is 9.70. The summed E-state index contributed by atoms with van der Waals surface area (Å²) < 4.78 is 12.8. The van der Waals surface area contributed by atoms with Crippen molar-refractivity contribution >= 4 is 22.7 Å². The Hall–Kier alpha value is -2.56. The summed E-state index contributed by atoms with van der Waals surface area (Å²) in [5.74, 6) is 0.504. The van der Waals surface area contributed by atoms with Gasteiger partial charge in [-0.1, -0.05) is 12.1 Å². The number of nitrogens with zero attached hydrogens (tertiary/aromatic N) is 1. The molecule has 0 radical (unpaired) electrons. The van der Waals surface area contributed by atoms with E-state index in [1.165, 1.54) is 12.1 Å². The average molecular weight is 270 g/mol. The van der Waals surface area contributed by atoms with Gasteiger partial charge in [0.2, 0.25) is 5.95 Å². The van der Waals surface area contributed by atoms with E-state index in [9.17, 15) is 4.39 Å². The molecule has 20 heavy (non-hydrogen) atoms. The number of H-pyrrole nitrogens is 1. The fraction of sp³-hybridized carbons (Fsp3) is 0.133.